The highest BCUT2D eigenvalue weighted by atomic mass is 19.4. The first kappa shape index (κ1) is 28.6. The predicted molar refractivity (Wildman–Crippen MR) is 152 cm³/mol. The Labute approximate surface area is 233 Å². The number of aromatic nitrogens is 1. The van der Waals surface area contributed by atoms with E-state index in [2.05, 4.69) is 22.2 Å². The normalized spacial score (nSPS) is 10.8. The third-order valence-corrected chi connectivity index (χ3v) is 6.05. The summed E-state index contributed by atoms with van der Waals surface area (Å²) in [7, 11) is 1.75. The second-order valence-corrected chi connectivity index (χ2v) is 8.72. The van der Waals surface area contributed by atoms with E-state index >= 15 is 0 Å². The number of nitrogens with zero attached hydrogens (tertiary/aromatic N) is 3. The van der Waals surface area contributed by atoms with Crippen molar-refractivity contribution in [3.63, 3.8) is 0 Å². The maximum Gasteiger partial charge on any atom is 0.416 e. The number of hydrogen-bond donors (Lipinski definition) is 2. The number of alkyl halides is 3. The average molecular weight is 560 g/mol. The van der Waals surface area contributed by atoms with Gasteiger partial charge in [0.25, 0.3) is 5.91 Å². The zero-order valence-electron chi connectivity index (χ0n) is 21.7. The lowest BCUT2D eigenvalue weighted by Gasteiger charge is -2.27. The molecule has 0 spiro atoms. The van der Waals surface area contributed by atoms with Crippen molar-refractivity contribution < 1.29 is 27.6 Å². The van der Waals surface area contributed by atoms with Gasteiger partial charge in [-0.25, -0.2) is 0 Å². The third-order valence-electron chi connectivity index (χ3n) is 6.05. The summed E-state index contributed by atoms with van der Waals surface area (Å²) in [5, 5.41) is 5.14. The molecule has 0 saturated heterocycles. The molecule has 0 atom stereocenters. The minimum Gasteiger partial charge on any atom is -0.342 e. The predicted octanol–water partition coefficient (Wildman–Crippen LogP) is 6.54. The molecule has 0 aliphatic carbocycles. The van der Waals surface area contributed by atoms with Crippen LogP contribution in [0.5, 0.6) is 0 Å². The molecule has 0 fully saturated rings. The third kappa shape index (κ3) is 6.77. The first-order valence-corrected chi connectivity index (χ1v) is 12.1. The summed E-state index contributed by atoms with van der Waals surface area (Å²) < 4.78 is 39.0. The minimum absolute atomic E-state index is 0.0214. The van der Waals surface area contributed by atoms with Gasteiger partial charge >= 0.3 is 6.18 Å². The SMILES string of the molecule is C=CC(=O)Nc1cccc(N(C=O)c2ccncc2N(C)c2ccc(C(=O)Nc3cccc(C(F)(F)F)c3)cc2)c1. The molecule has 0 radical (unpaired) electrons. The van der Waals surface area contributed by atoms with Crippen LogP contribution in [0.4, 0.5) is 47.3 Å². The van der Waals surface area contributed by atoms with Gasteiger partial charge in [-0.2, -0.15) is 13.2 Å². The molecule has 4 aromatic rings. The van der Waals surface area contributed by atoms with Crippen molar-refractivity contribution in [1.82, 2.24) is 4.98 Å². The Bertz CT molecular complexity index is 1590. The summed E-state index contributed by atoms with van der Waals surface area (Å²) in [5.41, 5.74) is 2.06. The van der Waals surface area contributed by atoms with Crippen molar-refractivity contribution in [3.8, 4) is 0 Å². The molecule has 208 valence electrons. The van der Waals surface area contributed by atoms with E-state index in [1.807, 2.05) is 0 Å². The maximum atomic E-state index is 13.0. The highest BCUT2D eigenvalue weighted by Crippen LogP contribution is 2.36. The van der Waals surface area contributed by atoms with E-state index in [1.165, 1.54) is 35.4 Å². The molecule has 11 heteroatoms. The molecule has 0 unspecified atom stereocenters. The Morgan fingerprint density at radius 1 is 0.878 bits per heavy atom. The number of amides is 3. The summed E-state index contributed by atoms with van der Waals surface area (Å²) in [4.78, 5) is 44.0. The Hall–Kier alpha value is -5.45. The lowest BCUT2D eigenvalue weighted by molar-refractivity contribution is -0.137. The second-order valence-electron chi connectivity index (χ2n) is 8.72. The van der Waals surface area contributed by atoms with Crippen LogP contribution in [-0.4, -0.2) is 30.3 Å². The fraction of sp³-hybridized carbons (Fsp3) is 0.0667. The van der Waals surface area contributed by atoms with E-state index in [0.717, 1.165) is 18.2 Å². The van der Waals surface area contributed by atoms with Gasteiger partial charge in [-0.15, -0.1) is 0 Å². The lowest BCUT2D eigenvalue weighted by atomic mass is 10.1. The summed E-state index contributed by atoms with van der Waals surface area (Å²) in [6, 6.07) is 19.2. The smallest absolute Gasteiger partial charge is 0.342 e. The van der Waals surface area contributed by atoms with Crippen LogP contribution < -0.4 is 20.4 Å². The molecule has 0 saturated carbocycles. The van der Waals surface area contributed by atoms with Crippen molar-refractivity contribution in [3.05, 3.63) is 115 Å². The van der Waals surface area contributed by atoms with Crippen LogP contribution in [0.25, 0.3) is 0 Å². The van der Waals surface area contributed by atoms with Gasteiger partial charge in [0.1, 0.15) is 0 Å². The number of halogens is 3. The second kappa shape index (κ2) is 12.2. The van der Waals surface area contributed by atoms with Crippen LogP contribution in [0.2, 0.25) is 0 Å². The van der Waals surface area contributed by atoms with Crippen molar-refractivity contribution in [1.29, 1.82) is 0 Å². The van der Waals surface area contributed by atoms with Crippen molar-refractivity contribution >= 4 is 52.3 Å². The van der Waals surface area contributed by atoms with Crippen LogP contribution in [0.3, 0.4) is 0 Å². The quantitative estimate of drug-likeness (QED) is 0.179. The van der Waals surface area contributed by atoms with Crippen molar-refractivity contribution in [2.24, 2.45) is 0 Å². The Balaban J connectivity index is 1.56. The number of anilines is 6. The molecular formula is C30H24F3N5O3. The van der Waals surface area contributed by atoms with Gasteiger partial charge in [0.15, 0.2) is 0 Å². The number of carbonyl (C=O) groups excluding carboxylic acids is 3. The fourth-order valence-electron chi connectivity index (χ4n) is 3.98. The highest BCUT2D eigenvalue weighted by Gasteiger charge is 2.30. The maximum absolute atomic E-state index is 13.0. The molecule has 2 N–H and O–H groups in total. The van der Waals surface area contributed by atoms with E-state index in [4.69, 9.17) is 0 Å². The number of rotatable bonds is 9. The van der Waals surface area contributed by atoms with Gasteiger partial charge in [0, 0.05) is 35.9 Å². The van der Waals surface area contributed by atoms with Gasteiger partial charge in [0.2, 0.25) is 12.3 Å². The largest absolute Gasteiger partial charge is 0.416 e. The Morgan fingerprint density at radius 2 is 1.56 bits per heavy atom. The van der Waals surface area contributed by atoms with Gasteiger partial charge in [-0.05, 0) is 72.8 Å². The molecule has 3 amide bonds. The van der Waals surface area contributed by atoms with Crippen molar-refractivity contribution in [2.75, 3.05) is 27.5 Å². The zero-order chi connectivity index (χ0) is 29.6. The molecule has 0 aliphatic rings. The van der Waals surface area contributed by atoms with E-state index in [9.17, 15) is 27.6 Å². The molecule has 0 aliphatic heterocycles. The highest BCUT2D eigenvalue weighted by molar-refractivity contribution is 6.04. The molecule has 0 bridgehead atoms. The Morgan fingerprint density at radius 3 is 2.22 bits per heavy atom. The zero-order valence-corrected chi connectivity index (χ0v) is 21.7. The van der Waals surface area contributed by atoms with E-state index in [0.29, 0.717) is 34.8 Å². The fourth-order valence-corrected chi connectivity index (χ4v) is 3.98. The van der Waals surface area contributed by atoms with Crippen molar-refractivity contribution in [2.45, 2.75) is 6.18 Å². The number of benzene rings is 3. The van der Waals surface area contributed by atoms with Crippen LogP contribution in [0, 0.1) is 0 Å². The van der Waals surface area contributed by atoms with Crippen LogP contribution in [-0.2, 0) is 15.8 Å². The van der Waals surface area contributed by atoms with E-state index in [1.54, 1.807) is 60.6 Å². The van der Waals surface area contributed by atoms with E-state index in [-0.39, 0.29) is 11.3 Å². The van der Waals surface area contributed by atoms with Gasteiger partial charge in [-0.1, -0.05) is 18.7 Å². The van der Waals surface area contributed by atoms with Crippen LogP contribution >= 0.6 is 0 Å². The average Bonchev–Trinajstić information content (AvgIpc) is 2.97. The monoisotopic (exact) mass is 559 g/mol. The molecule has 4 rings (SSSR count). The lowest BCUT2D eigenvalue weighted by Crippen LogP contribution is -2.20. The minimum atomic E-state index is -4.53. The number of carbonyl (C=O) groups is 3. The molecule has 1 aromatic heterocycles. The summed E-state index contributed by atoms with van der Waals surface area (Å²) >= 11 is 0. The van der Waals surface area contributed by atoms with Gasteiger partial charge in [-0.3, -0.25) is 24.3 Å². The Kier molecular flexibility index (Phi) is 8.47. The van der Waals surface area contributed by atoms with Crippen LogP contribution in [0.15, 0.2) is 104 Å². The number of nitrogens with one attached hydrogen (secondary N) is 2. The first-order chi connectivity index (χ1) is 19.6. The number of hydrogen-bond acceptors (Lipinski definition) is 5. The van der Waals surface area contributed by atoms with Crippen LogP contribution in [0.1, 0.15) is 15.9 Å². The molecule has 3 aromatic carbocycles. The first-order valence-electron chi connectivity index (χ1n) is 12.1. The topological polar surface area (TPSA) is 94.6 Å². The summed E-state index contributed by atoms with van der Waals surface area (Å²) in [6.45, 7) is 3.43. The summed E-state index contributed by atoms with van der Waals surface area (Å²) in [5.74, 6) is -0.966. The molecule has 41 heavy (non-hydrogen) atoms. The summed E-state index contributed by atoms with van der Waals surface area (Å²) in [6.07, 6.45) is 0.363. The van der Waals surface area contributed by atoms with Gasteiger partial charge < -0.3 is 15.5 Å². The molecule has 1 heterocycles. The number of pyridine rings is 1. The standard InChI is InChI=1S/C30H24F3N5O3/c1-3-28(40)35-23-8-5-9-25(17-23)38(19-39)26-14-15-34-18-27(26)37(2)24-12-10-20(11-13-24)29(41)36-22-7-4-6-21(16-22)30(31,32)33/h3-19H,1H2,2H3,(H,35,40)(H,36,41). The van der Waals surface area contributed by atoms with Gasteiger partial charge in [0.05, 0.1) is 28.8 Å². The molecule has 8 nitrogen and oxygen atoms in total. The van der Waals surface area contributed by atoms with E-state index < -0.39 is 23.6 Å². The molecular weight excluding hydrogens is 535 g/mol.